The van der Waals surface area contributed by atoms with Gasteiger partial charge in [-0.3, -0.25) is 9.69 Å². The summed E-state index contributed by atoms with van der Waals surface area (Å²) in [6.07, 6.45) is 1.65. The summed E-state index contributed by atoms with van der Waals surface area (Å²) < 4.78 is 11.0. The molecule has 0 saturated carbocycles. The van der Waals surface area contributed by atoms with Gasteiger partial charge in [0.15, 0.2) is 0 Å². The lowest BCUT2D eigenvalue weighted by molar-refractivity contribution is 0.0118. The van der Waals surface area contributed by atoms with Crippen LogP contribution < -0.4 is 5.32 Å². The van der Waals surface area contributed by atoms with Crippen LogP contribution in [0.4, 0.5) is 0 Å². The van der Waals surface area contributed by atoms with Crippen molar-refractivity contribution in [1.82, 2.24) is 10.2 Å². The van der Waals surface area contributed by atoms with E-state index in [2.05, 4.69) is 10.2 Å². The van der Waals surface area contributed by atoms with Gasteiger partial charge in [0.1, 0.15) is 5.76 Å². The minimum absolute atomic E-state index is 0.0136. The Morgan fingerprint density at radius 3 is 2.70 bits per heavy atom. The van der Waals surface area contributed by atoms with Crippen molar-refractivity contribution >= 4 is 17.5 Å². The molecule has 1 aromatic heterocycles. The highest BCUT2D eigenvalue weighted by molar-refractivity contribution is 6.33. The Kier molecular flexibility index (Phi) is 5.33. The lowest BCUT2D eigenvalue weighted by atomic mass is 10.1. The first kappa shape index (κ1) is 16.1. The van der Waals surface area contributed by atoms with E-state index in [1.807, 2.05) is 12.1 Å². The normalized spacial score (nSPS) is 16.9. The molecule has 122 valence electrons. The zero-order valence-corrected chi connectivity index (χ0v) is 13.5. The van der Waals surface area contributed by atoms with Gasteiger partial charge in [-0.15, -0.1) is 0 Å². The van der Waals surface area contributed by atoms with Crippen molar-refractivity contribution < 1.29 is 13.9 Å². The van der Waals surface area contributed by atoms with Gasteiger partial charge in [-0.1, -0.05) is 23.7 Å². The highest BCUT2D eigenvalue weighted by atomic mass is 35.5. The van der Waals surface area contributed by atoms with Crippen LogP contribution in [-0.2, 0) is 4.74 Å². The molecule has 2 heterocycles. The van der Waals surface area contributed by atoms with Crippen LogP contribution in [0.3, 0.4) is 0 Å². The molecule has 1 fully saturated rings. The number of amides is 1. The van der Waals surface area contributed by atoms with E-state index in [-0.39, 0.29) is 11.9 Å². The fourth-order valence-electron chi connectivity index (χ4n) is 2.71. The number of rotatable bonds is 5. The molecule has 1 saturated heterocycles. The number of carbonyl (C=O) groups is 1. The molecule has 0 bridgehead atoms. The Morgan fingerprint density at radius 2 is 2.00 bits per heavy atom. The third-order valence-electron chi connectivity index (χ3n) is 3.93. The van der Waals surface area contributed by atoms with Crippen molar-refractivity contribution in [1.29, 1.82) is 0 Å². The number of halogens is 1. The second-order valence-electron chi connectivity index (χ2n) is 5.37. The van der Waals surface area contributed by atoms with Crippen LogP contribution in [0, 0.1) is 0 Å². The van der Waals surface area contributed by atoms with E-state index in [9.17, 15) is 4.79 Å². The van der Waals surface area contributed by atoms with Gasteiger partial charge in [-0.05, 0) is 24.3 Å². The van der Waals surface area contributed by atoms with Crippen molar-refractivity contribution in [2.45, 2.75) is 6.04 Å². The van der Waals surface area contributed by atoms with Crippen molar-refractivity contribution in [2.24, 2.45) is 0 Å². The van der Waals surface area contributed by atoms with Gasteiger partial charge in [-0.25, -0.2) is 0 Å². The number of carbonyl (C=O) groups excluding carboxylic acids is 1. The molecule has 1 amide bonds. The number of hydrogen-bond acceptors (Lipinski definition) is 4. The number of hydrogen-bond donors (Lipinski definition) is 1. The predicted octanol–water partition coefficient (Wildman–Crippen LogP) is 2.74. The summed E-state index contributed by atoms with van der Waals surface area (Å²) in [6, 6.07) is 10.8. The van der Waals surface area contributed by atoms with Crippen LogP contribution >= 0.6 is 11.6 Å². The Balaban J connectivity index is 1.69. The molecular formula is C17H19ClN2O3. The summed E-state index contributed by atoms with van der Waals surface area (Å²) in [5.74, 6) is 0.659. The van der Waals surface area contributed by atoms with Crippen LogP contribution in [0.15, 0.2) is 47.1 Å². The largest absolute Gasteiger partial charge is 0.468 e. The van der Waals surface area contributed by atoms with E-state index in [0.717, 1.165) is 18.8 Å². The van der Waals surface area contributed by atoms with Crippen LogP contribution in [0.25, 0.3) is 0 Å². The quantitative estimate of drug-likeness (QED) is 0.913. The van der Waals surface area contributed by atoms with E-state index < -0.39 is 0 Å². The highest BCUT2D eigenvalue weighted by Gasteiger charge is 2.25. The average Bonchev–Trinajstić information content (AvgIpc) is 3.10. The second-order valence-corrected chi connectivity index (χ2v) is 5.78. The molecule has 0 aliphatic carbocycles. The highest BCUT2D eigenvalue weighted by Crippen LogP contribution is 2.22. The van der Waals surface area contributed by atoms with Crippen molar-refractivity contribution in [3.8, 4) is 0 Å². The molecule has 1 aliphatic heterocycles. The minimum Gasteiger partial charge on any atom is -0.468 e. The number of ether oxygens (including phenoxy) is 1. The third-order valence-corrected chi connectivity index (χ3v) is 4.26. The van der Waals surface area contributed by atoms with Gasteiger partial charge in [-0.2, -0.15) is 0 Å². The third kappa shape index (κ3) is 3.93. The summed E-state index contributed by atoms with van der Waals surface area (Å²) in [6.45, 7) is 3.46. The lowest BCUT2D eigenvalue weighted by Gasteiger charge is -2.33. The van der Waals surface area contributed by atoms with Crippen molar-refractivity contribution in [2.75, 3.05) is 32.8 Å². The first-order chi connectivity index (χ1) is 11.3. The Labute approximate surface area is 140 Å². The fraction of sp³-hybridized carbons (Fsp3) is 0.353. The van der Waals surface area contributed by atoms with E-state index in [0.29, 0.717) is 30.3 Å². The Hall–Kier alpha value is -1.82. The molecule has 0 spiro atoms. The second kappa shape index (κ2) is 7.64. The molecule has 5 nitrogen and oxygen atoms in total. The van der Waals surface area contributed by atoms with Crippen molar-refractivity contribution in [3.63, 3.8) is 0 Å². The van der Waals surface area contributed by atoms with E-state index >= 15 is 0 Å². The summed E-state index contributed by atoms with van der Waals surface area (Å²) in [7, 11) is 0. The molecule has 2 aromatic rings. The fourth-order valence-corrected chi connectivity index (χ4v) is 2.93. The molecule has 1 unspecified atom stereocenters. The number of furan rings is 1. The molecule has 0 radical (unpaired) electrons. The average molecular weight is 335 g/mol. The minimum atomic E-state index is -0.180. The van der Waals surface area contributed by atoms with Crippen LogP contribution in [0.1, 0.15) is 22.2 Å². The van der Waals surface area contributed by atoms with Gasteiger partial charge in [0.25, 0.3) is 5.91 Å². The molecule has 23 heavy (non-hydrogen) atoms. The smallest absolute Gasteiger partial charge is 0.252 e. The summed E-state index contributed by atoms with van der Waals surface area (Å²) in [4.78, 5) is 14.6. The van der Waals surface area contributed by atoms with Gasteiger partial charge in [0, 0.05) is 19.6 Å². The van der Waals surface area contributed by atoms with E-state index in [1.54, 1.807) is 30.5 Å². The summed E-state index contributed by atoms with van der Waals surface area (Å²) in [5, 5.41) is 3.41. The maximum absolute atomic E-state index is 12.4. The van der Waals surface area contributed by atoms with Crippen molar-refractivity contribution in [3.05, 3.63) is 59.0 Å². The zero-order valence-electron chi connectivity index (χ0n) is 12.7. The van der Waals surface area contributed by atoms with Gasteiger partial charge in [0.05, 0.1) is 36.1 Å². The summed E-state index contributed by atoms with van der Waals surface area (Å²) in [5.41, 5.74) is 0.481. The maximum atomic E-state index is 12.4. The monoisotopic (exact) mass is 334 g/mol. The van der Waals surface area contributed by atoms with Crippen LogP contribution in [0.5, 0.6) is 0 Å². The van der Waals surface area contributed by atoms with Gasteiger partial charge in [0.2, 0.25) is 0 Å². The van der Waals surface area contributed by atoms with E-state index in [4.69, 9.17) is 20.8 Å². The molecule has 3 rings (SSSR count). The Bertz CT molecular complexity index is 639. The van der Waals surface area contributed by atoms with Gasteiger partial charge >= 0.3 is 0 Å². The van der Waals surface area contributed by atoms with Gasteiger partial charge < -0.3 is 14.5 Å². The molecule has 1 N–H and O–H groups in total. The number of morpholine rings is 1. The molecule has 1 aliphatic rings. The Morgan fingerprint density at radius 1 is 1.22 bits per heavy atom. The topological polar surface area (TPSA) is 54.7 Å². The van der Waals surface area contributed by atoms with E-state index in [1.165, 1.54) is 0 Å². The lowest BCUT2D eigenvalue weighted by Crippen LogP contribution is -2.43. The molecular weight excluding hydrogens is 316 g/mol. The van der Waals surface area contributed by atoms with Crippen LogP contribution in [-0.4, -0.2) is 43.7 Å². The SMILES string of the molecule is O=C(NCC(c1ccco1)N1CCOCC1)c1ccccc1Cl. The predicted molar refractivity (Wildman–Crippen MR) is 87.6 cm³/mol. The maximum Gasteiger partial charge on any atom is 0.252 e. The first-order valence-corrected chi connectivity index (χ1v) is 8.01. The standard InChI is InChI=1S/C17H19ClN2O3/c18-14-5-2-1-4-13(14)17(21)19-12-15(16-6-3-9-23-16)20-7-10-22-11-8-20/h1-6,9,15H,7-8,10-12H2,(H,19,21). The summed E-state index contributed by atoms with van der Waals surface area (Å²) >= 11 is 6.08. The molecule has 6 heteroatoms. The zero-order chi connectivity index (χ0) is 16.1. The van der Waals surface area contributed by atoms with Crippen LogP contribution in [0.2, 0.25) is 5.02 Å². The number of benzene rings is 1. The molecule has 1 aromatic carbocycles. The number of nitrogens with zero attached hydrogens (tertiary/aromatic N) is 1. The number of nitrogens with one attached hydrogen (secondary N) is 1. The first-order valence-electron chi connectivity index (χ1n) is 7.63. The molecule has 1 atom stereocenters.